The van der Waals surface area contributed by atoms with Gasteiger partial charge < -0.3 is 10.0 Å². The molecule has 19 heavy (non-hydrogen) atoms. The van der Waals surface area contributed by atoms with Crippen LogP contribution in [0.15, 0.2) is 0 Å². The van der Waals surface area contributed by atoms with Crippen LogP contribution in [0.2, 0.25) is 0 Å². The van der Waals surface area contributed by atoms with Crippen molar-refractivity contribution in [3.05, 3.63) is 0 Å². The maximum Gasteiger partial charge on any atom is 0.323 e. The summed E-state index contributed by atoms with van der Waals surface area (Å²) in [4.78, 5) is 13.8. The lowest BCUT2D eigenvalue weighted by molar-refractivity contribution is -0.144. The van der Waals surface area contributed by atoms with E-state index in [4.69, 9.17) is 0 Å². The smallest absolute Gasteiger partial charge is 0.323 e. The van der Waals surface area contributed by atoms with E-state index in [1.165, 1.54) is 12.8 Å². The van der Waals surface area contributed by atoms with Crippen LogP contribution in [0.25, 0.3) is 0 Å². The van der Waals surface area contributed by atoms with Crippen molar-refractivity contribution >= 4 is 5.97 Å². The molecule has 1 aliphatic carbocycles. The average molecular weight is 270 g/mol. The summed E-state index contributed by atoms with van der Waals surface area (Å²) in [7, 11) is 0. The van der Waals surface area contributed by atoms with Gasteiger partial charge in [0.2, 0.25) is 0 Å². The van der Waals surface area contributed by atoms with Gasteiger partial charge in [-0.3, -0.25) is 10.1 Å². The SMILES string of the molecule is CCCCN(CC)CCCC(C)(NC1CC1)C(=O)O. The highest BCUT2D eigenvalue weighted by Gasteiger charge is 2.37. The number of carboxylic acids is 1. The molecule has 4 heteroatoms. The summed E-state index contributed by atoms with van der Waals surface area (Å²) in [5.74, 6) is -0.712. The van der Waals surface area contributed by atoms with E-state index in [1.807, 2.05) is 6.92 Å². The molecule has 0 spiro atoms. The minimum atomic E-state index is -0.745. The fourth-order valence-corrected chi connectivity index (χ4v) is 2.39. The first-order valence-electron chi connectivity index (χ1n) is 7.75. The van der Waals surface area contributed by atoms with Crippen molar-refractivity contribution in [2.24, 2.45) is 0 Å². The lowest BCUT2D eigenvalue weighted by Crippen LogP contribution is -2.50. The number of aliphatic carboxylic acids is 1. The number of rotatable bonds is 11. The molecule has 1 rings (SSSR count). The fourth-order valence-electron chi connectivity index (χ4n) is 2.39. The van der Waals surface area contributed by atoms with Crippen LogP contribution >= 0.6 is 0 Å². The molecule has 1 saturated carbocycles. The number of nitrogens with one attached hydrogen (secondary N) is 1. The first kappa shape index (κ1) is 16.4. The molecule has 1 aliphatic rings. The van der Waals surface area contributed by atoms with Gasteiger partial charge in [-0.1, -0.05) is 20.3 Å². The van der Waals surface area contributed by atoms with Gasteiger partial charge in [0.05, 0.1) is 0 Å². The van der Waals surface area contributed by atoms with Gasteiger partial charge in [0.1, 0.15) is 5.54 Å². The van der Waals surface area contributed by atoms with Crippen molar-refractivity contribution in [3.63, 3.8) is 0 Å². The van der Waals surface area contributed by atoms with Crippen LogP contribution in [0.4, 0.5) is 0 Å². The highest BCUT2D eigenvalue weighted by Crippen LogP contribution is 2.25. The van der Waals surface area contributed by atoms with Crippen LogP contribution in [0.1, 0.15) is 59.3 Å². The third-order valence-corrected chi connectivity index (χ3v) is 4.00. The summed E-state index contributed by atoms with van der Waals surface area (Å²) in [6.07, 6.45) is 6.35. The molecule has 0 aromatic carbocycles. The molecule has 0 amide bonds. The Balaban J connectivity index is 2.32. The average Bonchev–Trinajstić information content (AvgIpc) is 3.17. The van der Waals surface area contributed by atoms with Crippen molar-refractivity contribution in [1.29, 1.82) is 0 Å². The van der Waals surface area contributed by atoms with Crippen LogP contribution in [-0.4, -0.2) is 47.2 Å². The first-order chi connectivity index (χ1) is 9.01. The van der Waals surface area contributed by atoms with Crippen molar-refractivity contribution in [2.45, 2.75) is 70.9 Å². The van der Waals surface area contributed by atoms with Gasteiger partial charge in [-0.2, -0.15) is 0 Å². The van der Waals surface area contributed by atoms with Gasteiger partial charge in [0, 0.05) is 6.04 Å². The summed E-state index contributed by atoms with van der Waals surface area (Å²) >= 11 is 0. The van der Waals surface area contributed by atoms with Crippen molar-refractivity contribution in [2.75, 3.05) is 19.6 Å². The Labute approximate surface area is 117 Å². The second kappa shape index (κ2) is 7.85. The van der Waals surface area contributed by atoms with Gasteiger partial charge in [-0.15, -0.1) is 0 Å². The van der Waals surface area contributed by atoms with E-state index in [1.54, 1.807) is 0 Å². The molecule has 1 fully saturated rings. The summed E-state index contributed by atoms with van der Waals surface area (Å²) in [6, 6.07) is 0.434. The largest absolute Gasteiger partial charge is 0.480 e. The molecule has 0 radical (unpaired) electrons. The van der Waals surface area contributed by atoms with Gasteiger partial charge in [-0.25, -0.2) is 0 Å². The zero-order chi connectivity index (χ0) is 14.3. The Kier molecular flexibility index (Phi) is 6.80. The maximum atomic E-state index is 11.4. The normalized spacial score (nSPS) is 18.5. The van der Waals surface area contributed by atoms with E-state index in [9.17, 15) is 9.90 Å². The molecule has 2 N–H and O–H groups in total. The number of carboxylic acid groups (broad SMARTS) is 1. The van der Waals surface area contributed by atoms with Crippen LogP contribution in [-0.2, 0) is 4.79 Å². The Hall–Kier alpha value is -0.610. The molecule has 4 nitrogen and oxygen atoms in total. The van der Waals surface area contributed by atoms with Crippen LogP contribution in [0.5, 0.6) is 0 Å². The van der Waals surface area contributed by atoms with Crippen molar-refractivity contribution < 1.29 is 9.90 Å². The predicted molar refractivity (Wildman–Crippen MR) is 78.5 cm³/mol. The monoisotopic (exact) mass is 270 g/mol. The van der Waals surface area contributed by atoms with Crippen LogP contribution < -0.4 is 5.32 Å². The molecular weight excluding hydrogens is 240 g/mol. The quantitative estimate of drug-likeness (QED) is 0.605. The number of carbonyl (C=O) groups is 1. The number of hydrogen-bond donors (Lipinski definition) is 2. The Morgan fingerprint density at radius 3 is 2.42 bits per heavy atom. The maximum absolute atomic E-state index is 11.4. The zero-order valence-electron chi connectivity index (χ0n) is 12.7. The Bertz CT molecular complexity index is 279. The van der Waals surface area contributed by atoms with Crippen molar-refractivity contribution in [3.8, 4) is 0 Å². The second-order valence-electron chi connectivity index (χ2n) is 5.95. The summed E-state index contributed by atoms with van der Waals surface area (Å²) < 4.78 is 0. The molecule has 1 unspecified atom stereocenters. The van der Waals surface area contributed by atoms with Crippen LogP contribution in [0.3, 0.4) is 0 Å². The highest BCUT2D eigenvalue weighted by atomic mass is 16.4. The molecule has 0 heterocycles. The van der Waals surface area contributed by atoms with Crippen LogP contribution in [0, 0.1) is 0 Å². The van der Waals surface area contributed by atoms with E-state index in [-0.39, 0.29) is 0 Å². The first-order valence-corrected chi connectivity index (χ1v) is 7.75. The standard InChI is InChI=1S/C15H30N2O2/c1-4-6-11-17(5-2)12-7-10-15(3,14(18)19)16-13-8-9-13/h13,16H,4-12H2,1-3H3,(H,18,19). The van der Waals surface area contributed by atoms with Gasteiger partial charge in [0.25, 0.3) is 0 Å². The van der Waals surface area contributed by atoms with Gasteiger partial charge >= 0.3 is 5.97 Å². The fraction of sp³-hybridized carbons (Fsp3) is 0.933. The third kappa shape index (κ3) is 5.91. The Morgan fingerprint density at radius 2 is 1.95 bits per heavy atom. The second-order valence-corrected chi connectivity index (χ2v) is 5.95. The van der Waals surface area contributed by atoms with Crippen molar-refractivity contribution in [1.82, 2.24) is 10.2 Å². The number of unbranched alkanes of at least 4 members (excludes halogenated alkanes) is 1. The van der Waals surface area contributed by atoms with Gasteiger partial charge in [-0.05, 0) is 58.7 Å². The predicted octanol–water partition coefficient (Wildman–Crippen LogP) is 2.48. The molecule has 0 saturated heterocycles. The van der Waals surface area contributed by atoms with E-state index >= 15 is 0 Å². The summed E-state index contributed by atoms with van der Waals surface area (Å²) in [5.41, 5.74) is -0.745. The van der Waals surface area contributed by atoms with E-state index in [2.05, 4.69) is 24.1 Å². The summed E-state index contributed by atoms with van der Waals surface area (Å²) in [6.45, 7) is 9.40. The molecule has 1 atom stereocenters. The lowest BCUT2D eigenvalue weighted by Gasteiger charge is -2.28. The Morgan fingerprint density at radius 1 is 1.32 bits per heavy atom. The van der Waals surface area contributed by atoms with E-state index < -0.39 is 11.5 Å². The number of nitrogens with zero attached hydrogens (tertiary/aromatic N) is 1. The highest BCUT2D eigenvalue weighted by molar-refractivity contribution is 5.78. The minimum Gasteiger partial charge on any atom is -0.480 e. The zero-order valence-corrected chi connectivity index (χ0v) is 12.7. The summed E-state index contributed by atoms with van der Waals surface area (Å²) in [5, 5.41) is 12.7. The third-order valence-electron chi connectivity index (χ3n) is 4.00. The molecule has 0 aromatic rings. The van der Waals surface area contributed by atoms with E-state index in [0.717, 1.165) is 38.9 Å². The van der Waals surface area contributed by atoms with E-state index in [0.29, 0.717) is 12.5 Å². The minimum absolute atomic E-state index is 0.434. The molecule has 0 aromatic heterocycles. The topological polar surface area (TPSA) is 52.6 Å². The van der Waals surface area contributed by atoms with Gasteiger partial charge in [0.15, 0.2) is 0 Å². The molecule has 0 aliphatic heterocycles. The number of hydrogen-bond acceptors (Lipinski definition) is 3. The molecule has 0 bridgehead atoms. The lowest BCUT2D eigenvalue weighted by atomic mass is 9.95. The molecule has 112 valence electrons. The molecular formula is C15H30N2O2.